The van der Waals surface area contributed by atoms with Gasteiger partial charge in [-0.15, -0.1) is 11.3 Å². The van der Waals surface area contributed by atoms with Crippen LogP contribution >= 0.6 is 11.3 Å². The van der Waals surface area contributed by atoms with Crippen LogP contribution in [0.3, 0.4) is 0 Å². The summed E-state index contributed by atoms with van der Waals surface area (Å²) in [6, 6.07) is 15.7. The number of nitrogens with two attached hydrogens (primary N) is 1. The second-order valence-corrected chi connectivity index (χ2v) is 7.71. The molecule has 0 bridgehead atoms. The third-order valence-corrected chi connectivity index (χ3v) is 5.37. The van der Waals surface area contributed by atoms with Gasteiger partial charge in [0.15, 0.2) is 12.3 Å². The average Bonchev–Trinajstić information content (AvgIpc) is 3.41. The van der Waals surface area contributed by atoms with E-state index in [-0.39, 0.29) is 24.3 Å². The second kappa shape index (κ2) is 9.34. The minimum Gasteiger partial charge on any atom is -0.459 e. The Morgan fingerprint density at radius 3 is 2.39 bits per heavy atom. The molecule has 1 atom stereocenters. The van der Waals surface area contributed by atoms with E-state index in [0.29, 0.717) is 5.92 Å². The van der Waals surface area contributed by atoms with Crippen LogP contribution in [0.15, 0.2) is 64.6 Å². The SMILES string of the molecule is CC(C)c1ccc([C@H]([NH2+]CC(=O)NNC(=O)c2ccco2)c2cccs2)cc1. The van der Waals surface area contributed by atoms with Gasteiger partial charge in [-0.25, -0.2) is 0 Å². The normalized spacial score (nSPS) is 12.0. The quantitative estimate of drug-likeness (QED) is 0.535. The number of carbonyl (C=O) groups is 2. The van der Waals surface area contributed by atoms with Gasteiger partial charge in [-0.2, -0.15) is 0 Å². The fraction of sp³-hybridized carbons (Fsp3) is 0.238. The lowest BCUT2D eigenvalue weighted by Gasteiger charge is -2.16. The van der Waals surface area contributed by atoms with Crippen LogP contribution < -0.4 is 16.2 Å². The molecule has 0 aliphatic rings. The topological polar surface area (TPSA) is 88.0 Å². The Labute approximate surface area is 167 Å². The minimum atomic E-state index is -0.488. The molecule has 3 rings (SSSR count). The van der Waals surface area contributed by atoms with Gasteiger partial charge in [0.05, 0.1) is 11.1 Å². The van der Waals surface area contributed by atoms with E-state index < -0.39 is 5.91 Å². The number of thiophene rings is 1. The zero-order valence-electron chi connectivity index (χ0n) is 15.8. The van der Waals surface area contributed by atoms with Crippen molar-refractivity contribution >= 4 is 23.2 Å². The summed E-state index contributed by atoms with van der Waals surface area (Å²) in [4.78, 5) is 25.2. The molecule has 1 aromatic carbocycles. The van der Waals surface area contributed by atoms with Crippen LogP contribution in [0.25, 0.3) is 0 Å². The molecule has 0 unspecified atom stereocenters. The van der Waals surface area contributed by atoms with E-state index in [0.717, 1.165) is 5.56 Å². The summed E-state index contributed by atoms with van der Waals surface area (Å²) in [5.74, 6) is -0.162. The predicted molar refractivity (Wildman–Crippen MR) is 108 cm³/mol. The molecule has 0 spiro atoms. The number of furan rings is 1. The highest BCUT2D eigenvalue weighted by atomic mass is 32.1. The Kier molecular flexibility index (Phi) is 6.62. The molecule has 0 fully saturated rings. The molecule has 146 valence electrons. The Morgan fingerprint density at radius 2 is 1.79 bits per heavy atom. The fourth-order valence-corrected chi connectivity index (χ4v) is 3.70. The van der Waals surface area contributed by atoms with Crippen molar-refractivity contribution in [3.05, 3.63) is 81.9 Å². The van der Waals surface area contributed by atoms with E-state index in [4.69, 9.17) is 4.42 Å². The van der Waals surface area contributed by atoms with Gasteiger partial charge < -0.3 is 9.73 Å². The number of hydrogen-bond donors (Lipinski definition) is 3. The summed E-state index contributed by atoms with van der Waals surface area (Å²) in [5.41, 5.74) is 7.20. The van der Waals surface area contributed by atoms with Crippen molar-refractivity contribution < 1.29 is 19.3 Å². The maximum Gasteiger partial charge on any atom is 0.305 e. The van der Waals surface area contributed by atoms with E-state index >= 15 is 0 Å². The molecule has 0 aliphatic heterocycles. The standard InChI is InChI=1S/C21H23N3O3S/c1-14(2)15-7-9-16(10-8-15)20(18-6-4-12-28-18)22-13-19(25)23-24-21(26)17-5-3-11-27-17/h3-12,14,20,22H,13H2,1-2H3,(H,23,25)(H,24,26)/p+1/t20-/m0/s1. The summed E-state index contributed by atoms with van der Waals surface area (Å²) in [5, 5.41) is 3.99. The van der Waals surface area contributed by atoms with Gasteiger partial charge in [0.1, 0.15) is 6.04 Å². The molecule has 7 heteroatoms. The van der Waals surface area contributed by atoms with Crippen LogP contribution in [-0.2, 0) is 4.79 Å². The van der Waals surface area contributed by atoms with Crippen LogP contribution in [0.4, 0.5) is 0 Å². The maximum absolute atomic E-state index is 12.2. The number of benzene rings is 1. The highest BCUT2D eigenvalue weighted by molar-refractivity contribution is 7.10. The molecule has 0 saturated heterocycles. The van der Waals surface area contributed by atoms with Crippen molar-refractivity contribution in [2.24, 2.45) is 0 Å². The highest BCUT2D eigenvalue weighted by Gasteiger charge is 2.20. The van der Waals surface area contributed by atoms with Crippen LogP contribution in [0.2, 0.25) is 0 Å². The number of quaternary nitrogens is 1. The van der Waals surface area contributed by atoms with Gasteiger partial charge in [0.2, 0.25) is 0 Å². The number of carbonyl (C=O) groups excluding carboxylic acids is 2. The summed E-state index contributed by atoms with van der Waals surface area (Å²) in [6.07, 6.45) is 1.40. The third-order valence-electron chi connectivity index (χ3n) is 4.41. The van der Waals surface area contributed by atoms with Crippen LogP contribution in [-0.4, -0.2) is 18.4 Å². The van der Waals surface area contributed by atoms with E-state index in [1.807, 2.05) is 16.8 Å². The first-order valence-electron chi connectivity index (χ1n) is 9.14. The molecule has 3 aromatic rings. The molecule has 4 N–H and O–H groups in total. The first kappa shape index (κ1) is 19.9. The molecule has 0 aliphatic carbocycles. The monoisotopic (exact) mass is 398 g/mol. The largest absolute Gasteiger partial charge is 0.459 e. The average molecular weight is 399 g/mol. The first-order chi connectivity index (χ1) is 13.5. The summed E-state index contributed by atoms with van der Waals surface area (Å²) in [6.45, 7) is 4.51. The fourth-order valence-electron chi connectivity index (χ4n) is 2.84. The number of amides is 2. The molecular weight excluding hydrogens is 374 g/mol. The van der Waals surface area contributed by atoms with Gasteiger partial charge in [0, 0.05) is 5.56 Å². The number of nitrogens with one attached hydrogen (secondary N) is 2. The molecule has 2 heterocycles. The lowest BCUT2D eigenvalue weighted by Crippen LogP contribution is -2.88. The van der Waals surface area contributed by atoms with Crippen LogP contribution in [0.5, 0.6) is 0 Å². The van der Waals surface area contributed by atoms with E-state index in [9.17, 15) is 9.59 Å². The zero-order chi connectivity index (χ0) is 19.9. The van der Waals surface area contributed by atoms with Crippen molar-refractivity contribution in [3.63, 3.8) is 0 Å². The zero-order valence-corrected chi connectivity index (χ0v) is 16.7. The van der Waals surface area contributed by atoms with Crippen molar-refractivity contribution in [2.75, 3.05) is 6.54 Å². The highest BCUT2D eigenvalue weighted by Crippen LogP contribution is 2.24. The van der Waals surface area contributed by atoms with Crippen LogP contribution in [0, 0.1) is 0 Å². The molecule has 0 saturated carbocycles. The van der Waals surface area contributed by atoms with Crippen molar-refractivity contribution in [1.82, 2.24) is 10.9 Å². The van der Waals surface area contributed by atoms with Gasteiger partial charge in [-0.3, -0.25) is 20.4 Å². The molecular formula is C21H24N3O3S+. The van der Waals surface area contributed by atoms with Crippen molar-refractivity contribution in [2.45, 2.75) is 25.8 Å². The summed E-state index contributed by atoms with van der Waals surface area (Å²) in [7, 11) is 0. The number of hydrogen-bond acceptors (Lipinski definition) is 4. The second-order valence-electron chi connectivity index (χ2n) is 6.73. The van der Waals surface area contributed by atoms with Gasteiger partial charge in [-0.05, 0) is 35.1 Å². The Balaban J connectivity index is 1.60. The minimum absolute atomic E-state index is 0.0211. The van der Waals surface area contributed by atoms with Gasteiger partial charge in [0.25, 0.3) is 5.91 Å². The lowest BCUT2D eigenvalue weighted by molar-refractivity contribution is -0.676. The van der Waals surface area contributed by atoms with E-state index in [2.05, 4.69) is 55.0 Å². The lowest BCUT2D eigenvalue weighted by atomic mass is 9.98. The molecule has 2 amide bonds. The molecule has 0 radical (unpaired) electrons. The smallest absolute Gasteiger partial charge is 0.305 e. The Morgan fingerprint density at radius 1 is 1.04 bits per heavy atom. The van der Waals surface area contributed by atoms with Crippen molar-refractivity contribution in [3.8, 4) is 0 Å². The predicted octanol–water partition coefficient (Wildman–Crippen LogP) is 2.58. The molecule has 28 heavy (non-hydrogen) atoms. The number of hydrazine groups is 1. The number of rotatable bonds is 7. The maximum atomic E-state index is 12.2. The van der Waals surface area contributed by atoms with E-state index in [1.54, 1.807) is 17.4 Å². The first-order valence-corrected chi connectivity index (χ1v) is 10.0. The van der Waals surface area contributed by atoms with E-state index in [1.165, 1.54) is 22.8 Å². The third kappa shape index (κ3) is 5.09. The molecule has 6 nitrogen and oxygen atoms in total. The summed E-state index contributed by atoms with van der Waals surface area (Å²) < 4.78 is 4.99. The van der Waals surface area contributed by atoms with Crippen LogP contribution in [0.1, 0.15) is 52.4 Å². The molecule has 2 aromatic heterocycles. The Hall–Kier alpha value is -2.90. The summed E-state index contributed by atoms with van der Waals surface area (Å²) >= 11 is 1.66. The van der Waals surface area contributed by atoms with Gasteiger partial charge >= 0.3 is 5.91 Å². The van der Waals surface area contributed by atoms with Crippen molar-refractivity contribution in [1.29, 1.82) is 0 Å². The Bertz CT molecular complexity index is 888. The van der Waals surface area contributed by atoms with Gasteiger partial charge in [-0.1, -0.05) is 44.2 Å².